The molecule has 17 heavy (non-hydrogen) atoms. The molecule has 0 amide bonds. The van der Waals surface area contributed by atoms with E-state index in [0.29, 0.717) is 12.1 Å². The number of rotatable bonds is 6. The van der Waals surface area contributed by atoms with E-state index in [1.807, 2.05) is 13.8 Å². The first-order valence-corrected chi connectivity index (χ1v) is 6.79. The first kappa shape index (κ1) is 14.5. The zero-order chi connectivity index (χ0) is 13.0. The van der Waals surface area contributed by atoms with Crippen LogP contribution in [-0.2, 0) is 0 Å². The maximum atomic E-state index is 6.20. The molecule has 3 nitrogen and oxygen atoms in total. The van der Waals surface area contributed by atoms with Crippen LogP contribution in [0.2, 0.25) is 5.02 Å². The van der Waals surface area contributed by atoms with Crippen LogP contribution in [-0.4, -0.2) is 22.4 Å². The van der Waals surface area contributed by atoms with E-state index in [-0.39, 0.29) is 0 Å². The van der Waals surface area contributed by atoms with Gasteiger partial charge >= 0.3 is 0 Å². The van der Waals surface area contributed by atoms with Crippen LogP contribution >= 0.6 is 11.6 Å². The molecule has 4 heteroatoms. The van der Waals surface area contributed by atoms with Crippen molar-refractivity contribution in [3.8, 4) is 0 Å². The standard InChI is InChI=1S/C13H24ClN3/c1-6-7-12(8-15-9(2)3)17-11(5)13(14)10(4)16-17/h9,12,15H,6-8H2,1-5H3. The Balaban J connectivity index is 2.85. The van der Waals surface area contributed by atoms with Gasteiger partial charge in [0.15, 0.2) is 0 Å². The monoisotopic (exact) mass is 257 g/mol. The van der Waals surface area contributed by atoms with Gasteiger partial charge in [-0.3, -0.25) is 4.68 Å². The second-order valence-corrected chi connectivity index (χ2v) is 5.31. The quantitative estimate of drug-likeness (QED) is 0.846. The summed E-state index contributed by atoms with van der Waals surface area (Å²) >= 11 is 6.20. The van der Waals surface area contributed by atoms with Crippen LogP contribution in [0, 0.1) is 13.8 Å². The molecule has 0 saturated carbocycles. The molecule has 0 radical (unpaired) electrons. The van der Waals surface area contributed by atoms with Gasteiger partial charge in [0.2, 0.25) is 0 Å². The van der Waals surface area contributed by atoms with Gasteiger partial charge in [-0.25, -0.2) is 0 Å². The number of halogens is 1. The van der Waals surface area contributed by atoms with Crippen molar-refractivity contribution in [3.05, 3.63) is 16.4 Å². The average molecular weight is 258 g/mol. The van der Waals surface area contributed by atoms with Crippen molar-refractivity contribution in [2.75, 3.05) is 6.54 Å². The molecule has 0 aliphatic carbocycles. The van der Waals surface area contributed by atoms with Gasteiger partial charge in [-0.05, 0) is 20.3 Å². The highest BCUT2D eigenvalue weighted by Crippen LogP contribution is 2.24. The van der Waals surface area contributed by atoms with Gasteiger partial charge in [0.25, 0.3) is 0 Å². The minimum absolute atomic E-state index is 0.397. The van der Waals surface area contributed by atoms with Crippen molar-refractivity contribution >= 4 is 11.6 Å². The number of aromatic nitrogens is 2. The van der Waals surface area contributed by atoms with Crippen molar-refractivity contribution in [3.63, 3.8) is 0 Å². The topological polar surface area (TPSA) is 29.9 Å². The van der Waals surface area contributed by atoms with Gasteiger partial charge in [0.1, 0.15) is 0 Å². The summed E-state index contributed by atoms with van der Waals surface area (Å²) in [4.78, 5) is 0. The lowest BCUT2D eigenvalue weighted by Gasteiger charge is -2.20. The van der Waals surface area contributed by atoms with E-state index in [1.54, 1.807) is 0 Å². The molecule has 0 aliphatic rings. The zero-order valence-electron chi connectivity index (χ0n) is 11.5. The van der Waals surface area contributed by atoms with Crippen LogP contribution in [0.1, 0.15) is 51.0 Å². The third kappa shape index (κ3) is 3.71. The molecule has 0 spiro atoms. The second-order valence-electron chi connectivity index (χ2n) is 4.93. The summed E-state index contributed by atoms with van der Waals surface area (Å²) in [5.41, 5.74) is 2.00. The summed E-state index contributed by atoms with van der Waals surface area (Å²) in [6, 6.07) is 0.899. The van der Waals surface area contributed by atoms with Crippen LogP contribution in [0.25, 0.3) is 0 Å². The lowest BCUT2D eigenvalue weighted by molar-refractivity contribution is 0.375. The van der Waals surface area contributed by atoms with Crippen LogP contribution in [0.5, 0.6) is 0 Å². The van der Waals surface area contributed by atoms with Gasteiger partial charge in [-0.2, -0.15) is 5.10 Å². The summed E-state index contributed by atoms with van der Waals surface area (Å²) < 4.78 is 2.08. The number of aryl methyl sites for hydroxylation is 1. The van der Waals surface area contributed by atoms with Crippen molar-refractivity contribution in [1.29, 1.82) is 0 Å². The van der Waals surface area contributed by atoms with E-state index < -0.39 is 0 Å². The summed E-state index contributed by atoms with van der Waals surface area (Å²) in [7, 11) is 0. The van der Waals surface area contributed by atoms with Crippen molar-refractivity contribution in [1.82, 2.24) is 15.1 Å². The third-order valence-corrected chi connectivity index (χ3v) is 3.51. The molecule has 0 bridgehead atoms. The lowest BCUT2D eigenvalue weighted by atomic mass is 10.1. The largest absolute Gasteiger partial charge is 0.312 e. The van der Waals surface area contributed by atoms with Gasteiger partial charge in [0, 0.05) is 12.6 Å². The normalized spacial score (nSPS) is 13.4. The minimum Gasteiger partial charge on any atom is -0.312 e. The Morgan fingerprint density at radius 2 is 2.00 bits per heavy atom. The van der Waals surface area contributed by atoms with Gasteiger partial charge < -0.3 is 5.32 Å². The Hall–Kier alpha value is -0.540. The van der Waals surface area contributed by atoms with Gasteiger partial charge in [-0.1, -0.05) is 38.8 Å². The molecule has 1 heterocycles. The highest BCUT2D eigenvalue weighted by molar-refractivity contribution is 6.31. The van der Waals surface area contributed by atoms with Gasteiger partial charge in [-0.15, -0.1) is 0 Å². The Morgan fingerprint density at radius 1 is 1.35 bits per heavy atom. The lowest BCUT2D eigenvalue weighted by Crippen LogP contribution is -2.31. The Labute approximate surface area is 110 Å². The fourth-order valence-electron chi connectivity index (χ4n) is 2.01. The minimum atomic E-state index is 0.397. The highest BCUT2D eigenvalue weighted by atomic mass is 35.5. The first-order chi connectivity index (χ1) is 7.97. The second kappa shape index (κ2) is 6.41. The highest BCUT2D eigenvalue weighted by Gasteiger charge is 2.17. The SMILES string of the molecule is CCCC(CNC(C)C)n1nc(C)c(Cl)c1C. The van der Waals surface area contributed by atoms with E-state index in [2.05, 4.69) is 35.9 Å². The van der Waals surface area contributed by atoms with E-state index in [0.717, 1.165) is 35.8 Å². The summed E-state index contributed by atoms with van der Waals surface area (Å²) in [6.45, 7) is 11.5. The number of hydrogen-bond donors (Lipinski definition) is 1. The number of nitrogens with zero attached hydrogens (tertiary/aromatic N) is 2. The van der Waals surface area contributed by atoms with Crippen LogP contribution in [0.4, 0.5) is 0 Å². The van der Waals surface area contributed by atoms with Crippen LogP contribution < -0.4 is 5.32 Å². The molecule has 1 aromatic heterocycles. The summed E-state index contributed by atoms with van der Waals surface area (Å²) in [5.74, 6) is 0. The first-order valence-electron chi connectivity index (χ1n) is 6.41. The molecule has 0 aliphatic heterocycles. The fourth-order valence-corrected chi connectivity index (χ4v) is 2.14. The molecule has 0 fully saturated rings. The Morgan fingerprint density at radius 3 is 2.41 bits per heavy atom. The Kier molecular flexibility index (Phi) is 5.47. The van der Waals surface area contributed by atoms with Crippen molar-refractivity contribution in [2.45, 2.75) is 59.5 Å². The molecule has 98 valence electrons. The maximum absolute atomic E-state index is 6.20. The number of hydrogen-bond acceptors (Lipinski definition) is 2. The molecular weight excluding hydrogens is 234 g/mol. The van der Waals surface area contributed by atoms with E-state index in [9.17, 15) is 0 Å². The average Bonchev–Trinajstić information content (AvgIpc) is 2.52. The molecule has 1 unspecified atom stereocenters. The number of nitrogens with one attached hydrogen (secondary N) is 1. The molecule has 1 rings (SSSR count). The molecular formula is C13H24ClN3. The molecule has 0 aromatic carbocycles. The predicted molar refractivity (Wildman–Crippen MR) is 73.8 cm³/mol. The van der Waals surface area contributed by atoms with Crippen LogP contribution in [0.15, 0.2) is 0 Å². The summed E-state index contributed by atoms with van der Waals surface area (Å²) in [5, 5.41) is 8.83. The third-order valence-electron chi connectivity index (χ3n) is 2.97. The molecule has 1 N–H and O–H groups in total. The Bertz CT molecular complexity index is 358. The maximum Gasteiger partial charge on any atom is 0.0844 e. The van der Waals surface area contributed by atoms with Crippen LogP contribution in [0.3, 0.4) is 0 Å². The van der Waals surface area contributed by atoms with E-state index >= 15 is 0 Å². The smallest absolute Gasteiger partial charge is 0.0844 e. The molecule has 1 aromatic rings. The fraction of sp³-hybridized carbons (Fsp3) is 0.769. The van der Waals surface area contributed by atoms with Crippen molar-refractivity contribution < 1.29 is 0 Å². The van der Waals surface area contributed by atoms with Crippen molar-refractivity contribution in [2.24, 2.45) is 0 Å². The van der Waals surface area contributed by atoms with Gasteiger partial charge in [0.05, 0.1) is 22.5 Å². The summed E-state index contributed by atoms with van der Waals surface area (Å²) in [6.07, 6.45) is 2.28. The molecule has 1 atom stereocenters. The predicted octanol–water partition coefficient (Wildman–Crippen LogP) is 3.49. The van der Waals surface area contributed by atoms with E-state index in [4.69, 9.17) is 11.6 Å². The zero-order valence-corrected chi connectivity index (χ0v) is 12.3. The van der Waals surface area contributed by atoms with E-state index in [1.165, 1.54) is 0 Å². The molecule has 0 saturated heterocycles.